The SMILES string of the molecule is CC1CCCC(Sc2cc(Cl)ccc2/C(N)=N/O)C1. The maximum atomic E-state index is 8.85. The molecule has 3 nitrogen and oxygen atoms in total. The van der Waals surface area contributed by atoms with Gasteiger partial charge in [-0.2, -0.15) is 0 Å². The summed E-state index contributed by atoms with van der Waals surface area (Å²) < 4.78 is 0. The maximum absolute atomic E-state index is 8.85. The molecule has 0 saturated heterocycles. The monoisotopic (exact) mass is 298 g/mol. The molecule has 0 amide bonds. The van der Waals surface area contributed by atoms with Gasteiger partial charge in [0.1, 0.15) is 0 Å². The molecule has 0 spiro atoms. The highest BCUT2D eigenvalue weighted by Gasteiger charge is 2.21. The molecule has 1 fully saturated rings. The number of benzene rings is 1. The van der Waals surface area contributed by atoms with Crippen LogP contribution in [-0.2, 0) is 0 Å². The summed E-state index contributed by atoms with van der Waals surface area (Å²) in [5.74, 6) is 0.917. The predicted octanol–water partition coefficient (Wildman–Crippen LogP) is 4.11. The third kappa shape index (κ3) is 3.80. The van der Waals surface area contributed by atoms with Crippen molar-refractivity contribution in [3.63, 3.8) is 0 Å². The molecule has 0 aromatic heterocycles. The van der Waals surface area contributed by atoms with Gasteiger partial charge in [0.05, 0.1) is 0 Å². The van der Waals surface area contributed by atoms with Gasteiger partial charge in [-0.15, -0.1) is 11.8 Å². The molecule has 0 aliphatic heterocycles. The largest absolute Gasteiger partial charge is 0.409 e. The van der Waals surface area contributed by atoms with Gasteiger partial charge >= 0.3 is 0 Å². The molecule has 3 N–H and O–H groups in total. The summed E-state index contributed by atoms with van der Waals surface area (Å²) in [5, 5.41) is 13.2. The van der Waals surface area contributed by atoms with E-state index < -0.39 is 0 Å². The zero-order chi connectivity index (χ0) is 13.8. The second-order valence-corrected chi connectivity index (χ2v) is 6.92. The molecule has 104 valence electrons. The van der Waals surface area contributed by atoms with E-state index in [-0.39, 0.29) is 5.84 Å². The Hall–Kier alpha value is -0.870. The van der Waals surface area contributed by atoms with E-state index in [0.29, 0.717) is 10.3 Å². The Morgan fingerprint density at radius 2 is 2.26 bits per heavy atom. The summed E-state index contributed by atoms with van der Waals surface area (Å²) in [6, 6.07) is 5.48. The molecule has 1 saturated carbocycles. The number of hydrogen-bond acceptors (Lipinski definition) is 3. The summed E-state index contributed by atoms with van der Waals surface area (Å²) in [6.45, 7) is 2.30. The van der Waals surface area contributed by atoms with Gasteiger partial charge in [0.2, 0.25) is 0 Å². The van der Waals surface area contributed by atoms with Crippen molar-refractivity contribution in [2.75, 3.05) is 0 Å². The first-order valence-electron chi connectivity index (χ1n) is 6.54. The molecule has 2 atom stereocenters. The van der Waals surface area contributed by atoms with Crippen molar-refractivity contribution in [3.8, 4) is 0 Å². The highest BCUT2D eigenvalue weighted by atomic mass is 35.5. The fraction of sp³-hybridized carbons (Fsp3) is 0.500. The number of amidine groups is 1. The minimum atomic E-state index is 0.142. The minimum absolute atomic E-state index is 0.142. The van der Waals surface area contributed by atoms with E-state index in [4.69, 9.17) is 22.5 Å². The van der Waals surface area contributed by atoms with Crippen molar-refractivity contribution in [1.29, 1.82) is 0 Å². The van der Waals surface area contributed by atoms with Crippen molar-refractivity contribution in [1.82, 2.24) is 0 Å². The molecule has 1 aromatic carbocycles. The Bertz CT molecular complexity index is 479. The van der Waals surface area contributed by atoms with E-state index in [0.717, 1.165) is 16.4 Å². The van der Waals surface area contributed by atoms with Crippen LogP contribution >= 0.6 is 23.4 Å². The first kappa shape index (κ1) is 14.5. The van der Waals surface area contributed by atoms with Gasteiger partial charge in [-0.1, -0.05) is 36.5 Å². The lowest BCUT2D eigenvalue weighted by atomic mass is 9.91. The molecule has 5 heteroatoms. The average molecular weight is 299 g/mol. The lowest BCUT2D eigenvalue weighted by molar-refractivity contribution is 0.318. The van der Waals surface area contributed by atoms with Crippen LogP contribution in [0.15, 0.2) is 28.3 Å². The highest BCUT2D eigenvalue weighted by Crippen LogP contribution is 2.38. The molecule has 1 aliphatic rings. The number of nitrogens with two attached hydrogens (primary N) is 1. The van der Waals surface area contributed by atoms with Gasteiger partial charge in [0, 0.05) is 20.7 Å². The van der Waals surface area contributed by atoms with Gasteiger partial charge in [-0.25, -0.2) is 0 Å². The summed E-state index contributed by atoms with van der Waals surface area (Å²) >= 11 is 7.85. The second-order valence-electron chi connectivity index (χ2n) is 5.14. The smallest absolute Gasteiger partial charge is 0.171 e. The van der Waals surface area contributed by atoms with E-state index in [9.17, 15) is 0 Å². The lowest BCUT2D eigenvalue weighted by Gasteiger charge is -2.26. The number of halogens is 1. The van der Waals surface area contributed by atoms with Gasteiger partial charge < -0.3 is 10.9 Å². The number of hydrogen-bond donors (Lipinski definition) is 2. The Labute approximate surface area is 123 Å². The zero-order valence-corrected chi connectivity index (χ0v) is 12.5. The Kier molecular flexibility index (Phi) is 4.99. The van der Waals surface area contributed by atoms with Crippen molar-refractivity contribution in [2.24, 2.45) is 16.8 Å². The third-order valence-corrected chi connectivity index (χ3v) is 5.10. The molecule has 1 aromatic rings. The van der Waals surface area contributed by atoms with Crippen LogP contribution in [0.4, 0.5) is 0 Å². The van der Waals surface area contributed by atoms with E-state index >= 15 is 0 Å². The van der Waals surface area contributed by atoms with Crippen LogP contribution in [0.1, 0.15) is 38.2 Å². The molecule has 1 aliphatic carbocycles. The van der Waals surface area contributed by atoms with E-state index in [1.54, 1.807) is 17.8 Å². The summed E-state index contributed by atoms with van der Waals surface area (Å²) in [6.07, 6.45) is 5.03. The third-order valence-electron chi connectivity index (χ3n) is 3.51. The average Bonchev–Trinajstić information content (AvgIpc) is 2.38. The van der Waals surface area contributed by atoms with Gasteiger partial charge in [0.15, 0.2) is 5.84 Å². The Morgan fingerprint density at radius 3 is 2.95 bits per heavy atom. The highest BCUT2D eigenvalue weighted by molar-refractivity contribution is 8.00. The number of nitrogens with zero attached hydrogens (tertiary/aromatic N) is 1. The molecule has 0 heterocycles. The first-order valence-corrected chi connectivity index (χ1v) is 7.80. The van der Waals surface area contributed by atoms with Crippen LogP contribution in [0.3, 0.4) is 0 Å². The van der Waals surface area contributed by atoms with E-state index in [1.165, 1.54) is 25.7 Å². The van der Waals surface area contributed by atoms with Crippen LogP contribution in [-0.4, -0.2) is 16.3 Å². The first-order chi connectivity index (χ1) is 9.10. The van der Waals surface area contributed by atoms with Crippen LogP contribution < -0.4 is 5.73 Å². The molecule has 0 bridgehead atoms. The van der Waals surface area contributed by atoms with Crippen molar-refractivity contribution < 1.29 is 5.21 Å². The predicted molar refractivity (Wildman–Crippen MR) is 81.2 cm³/mol. The number of thioether (sulfide) groups is 1. The maximum Gasteiger partial charge on any atom is 0.171 e. The van der Waals surface area contributed by atoms with Crippen molar-refractivity contribution in [3.05, 3.63) is 28.8 Å². The van der Waals surface area contributed by atoms with E-state index in [2.05, 4.69) is 12.1 Å². The zero-order valence-electron chi connectivity index (χ0n) is 11.0. The Balaban J connectivity index is 2.20. The molecule has 2 rings (SSSR count). The molecule has 0 radical (unpaired) electrons. The summed E-state index contributed by atoms with van der Waals surface area (Å²) in [4.78, 5) is 1.00. The van der Waals surface area contributed by atoms with Gasteiger partial charge in [-0.3, -0.25) is 0 Å². The fourth-order valence-corrected chi connectivity index (χ4v) is 4.32. The van der Waals surface area contributed by atoms with Crippen molar-refractivity contribution >= 4 is 29.2 Å². The Morgan fingerprint density at radius 1 is 1.47 bits per heavy atom. The number of oxime groups is 1. The van der Waals surface area contributed by atoms with Crippen LogP contribution in [0.2, 0.25) is 5.02 Å². The minimum Gasteiger partial charge on any atom is -0.409 e. The van der Waals surface area contributed by atoms with Crippen LogP contribution in [0.5, 0.6) is 0 Å². The van der Waals surface area contributed by atoms with Gasteiger partial charge in [-0.05, 0) is 37.0 Å². The topological polar surface area (TPSA) is 58.6 Å². The number of rotatable bonds is 3. The molecule has 2 unspecified atom stereocenters. The molecular weight excluding hydrogens is 280 g/mol. The normalized spacial score (nSPS) is 24.4. The summed E-state index contributed by atoms with van der Waals surface area (Å²) in [7, 11) is 0. The van der Waals surface area contributed by atoms with E-state index in [1.807, 2.05) is 12.1 Å². The fourth-order valence-electron chi connectivity index (χ4n) is 2.52. The summed E-state index contributed by atoms with van der Waals surface area (Å²) in [5.41, 5.74) is 6.48. The van der Waals surface area contributed by atoms with Crippen LogP contribution in [0, 0.1) is 5.92 Å². The molecular formula is C14H19ClN2OS. The van der Waals surface area contributed by atoms with Crippen LogP contribution in [0.25, 0.3) is 0 Å². The van der Waals surface area contributed by atoms with Gasteiger partial charge in [0.25, 0.3) is 0 Å². The van der Waals surface area contributed by atoms with Crippen molar-refractivity contribution in [2.45, 2.75) is 42.8 Å². The molecule has 19 heavy (non-hydrogen) atoms. The lowest BCUT2D eigenvalue weighted by Crippen LogP contribution is -2.17. The standard InChI is InChI=1S/C14H19ClN2OS/c1-9-3-2-4-11(7-9)19-13-8-10(15)5-6-12(13)14(16)17-18/h5-6,8-9,11,18H,2-4,7H2,1H3,(H2,16,17). The quantitative estimate of drug-likeness (QED) is 0.382. The second kappa shape index (κ2) is 6.53.